The van der Waals surface area contributed by atoms with Gasteiger partial charge in [-0.25, -0.2) is 13.8 Å². The number of benzene rings is 3. The van der Waals surface area contributed by atoms with Gasteiger partial charge in [0.05, 0.1) is 23.4 Å². The molecule has 0 aliphatic carbocycles. The summed E-state index contributed by atoms with van der Waals surface area (Å²) in [6.45, 7) is 1.79. The monoisotopic (exact) mass is 481 g/mol. The van der Waals surface area contributed by atoms with Gasteiger partial charge in [0, 0.05) is 0 Å². The van der Waals surface area contributed by atoms with Gasteiger partial charge in [0.15, 0.2) is 11.5 Å². The van der Waals surface area contributed by atoms with E-state index in [9.17, 15) is 13.2 Å². The molecule has 0 spiro atoms. The molecule has 34 heavy (non-hydrogen) atoms. The number of carbonyl (C=O) groups excluding carboxylic acids is 1. The van der Waals surface area contributed by atoms with Gasteiger partial charge < -0.3 is 14.2 Å². The first-order valence-electron chi connectivity index (χ1n) is 10.5. The molecule has 3 aromatic rings. The summed E-state index contributed by atoms with van der Waals surface area (Å²) in [5.74, 6) is 0.947. The third-order valence-corrected chi connectivity index (χ3v) is 6.63. The lowest BCUT2D eigenvalue weighted by molar-refractivity contribution is -0.119. The summed E-state index contributed by atoms with van der Waals surface area (Å²) in [6.07, 6.45) is 1.43. The van der Waals surface area contributed by atoms with Gasteiger partial charge in [-0.1, -0.05) is 30.3 Å². The molecule has 4 rings (SSSR count). The molecule has 1 aliphatic heterocycles. The number of sulfonamides is 1. The summed E-state index contributed by atoms with van der Waals surface area (Å²) in [5.41, 5.74) is 3.32. The molecule has 10 heteroatoms. The number of anilines is 1. The quantitative estimate of drug-likeness (QED) is 0.372. The zero-order chi connectivity index (χ0) is 24.0. The Hall–Kier alpha value is -4.05. The molecule has 1 aliphatic rings. The fourth-order valence-corrected chi connectivity index (χ4v) is 4.75. The Kier molecular flexibility index (Phi) is 6.98. The van der Waals surface area contributed by atoms with Crippen molar-refractivity contribution in [2.24, 2.45) is 5.10 Å². The highest BCUT2D eigenvalue weighted by atomic mass is 32.2. The number of hydrogen-bond acceptors (Lipinski definition) is 7. The Bertz CT molecular complexity index is 1300. The second-order valence-corrected chi connectivity index (χ2v) is 8.99. The van der Waals surface area contributed by atoms with Crippen molar-refractivity contribution in [3.05, 3.63) is 78.4 Å². The van der Waals surface area contributed by atoms with Crippen molar-refractivity contribution in [3.63, 3.8) is 0 Å². The maximum absolute atomic E-state index is 13.5. The first-order chi connectivity index (χ1) is 16.5. The van der Waals surface area contributed by atoms with E-state index >= 15 is 0 Å². The van der Waals surface area contributed by atoms with Gasteiger partial charge in [-0.05, 0) is 55.0 Å². The average molecular weight is 482 g/mol. The fraction of sp³-hybridized carbons (Fsp3) is 0.167. The Balaban J connectivity index is 1.56. The highest BCUT2D eigenvalue weighted by molar-refractivity contribution is 7.92. The van der Waals surface area contributed by atoms with E-state index in [0.717, 1.165) is 4.31 Å². The molecule has 0 atom stereocenters. The summed E-state index contributed by atoms with van der Waals surface area (Å²) in [5, 5.41) is 3.95. The average Bonchev–Trinajstić information content (AvgIpc) is 3.32. The minimum atomic E-state index is -4.06. The highest BCUT2D eigenvalue weighted by Gasteiger charge is 2.29. The number of nitrogens with one attached hydrogen (secondary N) is 1. The number of fused-ring (bicyclic) bond motifs is 1. The van der Waals surface area contributed by atoms with Crippen molar-refractivity contribution >= 4 is 27.8 Å². The minimum Gasteiger partial charge on any atom is -0.492 e. The van der Waals surface area contributed by atoms with Crippen molar-refractivity contribution < 1.29 is 27.4 Å². The maximum atomic E-state index is 13.5. The summed E-state index contributed by atoms with van der Waals surface area (Å²) < 4.78 is 44.1. The molecule has 3 aromatic carbocycles. The van der Waals surface area contributed by atoms with Gasteiger partial charge >= 0.3 is 0 Å². The molecule has 0 aromatic heterocycles. The van der Waals surface area contributed by atoms with E-state index in [1.54, 1.807) is 67.6 Å². The van der Waals surface area contributed by atoms with Crippen LogP contribution in [0.5, 0.6) is 17.2 Å². The topological polar surface area (TPSA) is 107 Å². The van der Waals surface area contributed by atoms with Gasteiger partial charge in [-0.3, -0.25) is 9.10 Å². The molecule has 1 amide bonds. The SMILES string of the molecule is CCOc1ccccc1N(CC(=O)N/N=C\c1ccc2c(c1)OCO2)S(=O)(=O)c1ccccc1. The van der Waals surface area contributed by atoms with E-state index in [1.807, 2.05) is 0 Å². The Morgan fingerprint density at radius 3 is 2.59 bits per heavy atom. The number of amides is 1. The molecule has 0 bridgehead atoms. The lowest BCUT2D eigenvalue weighted by Crippen LogP contribution is -2.39. The summed E-state index contributed by atoms with van der Waals surface area (Å²) in [4.78, 5) is 12.8. The predicted molar refractivity (Wildman–Crippen MR) is 127 cm³/mol. The van der Waals surface area contributed by atoms with Crippen molar-refractivity contribution in [2.45, 2.75) is 11.8 Å². The largest absolute Gasteiger partial charge is 0.492 e. The lowest BCUT2D eigenvalue weighted by atomic mass is 10.2. The Morgan fingerprint density at radius 1 is 1.06 bits per heavy atom. The number of carbonyl (C=O) groups is 1. The first-order valence-corrected chi connectivity index (χ1v) is 11.9. The zero-order valence-electron chi connectivity index (χ0n) is 18.4. The lowest BCUT2D eigenvalue weighted by Gasteiger charge is -2.25. The van der Waals surface area contributed by atoms with Crippen molar-refractivity contribution in [3.8, 4) is 17.2 Å². The first kappa shape index (κ1) is 23.1. The maximum Gasteiger partial charge on any atom is 0.264 e. The van der Waals surface area contributed by atoms with Gasteiger partial charge in [-0.15, -0.1) is 0 Å². The van der Waals surface area contributed by atoms with Crippen LogP contribution in [0.15, 0.2) is 82.8 Å². The van der Waals surface area contributed by atoms with Crippen LogP contribution >= 0.6 is 0 Å². The molecular weight excluding hydrogens is 458 g/mol. The standard InChI is InChI=1S/C24H23N3O6S/c1-2-31-21-11-7-6-10-20(21)27(34(29,30)19-8-4-3-5-9-19)16-24(28)26-25-15-18-12-13-22-23(14-18)33-17-32-22/h3-15H,2,16-17H2,1H3,(H,26,28)/b25-15-. The van der Waals surface area contributed by atoms with Crippen molar-refractivity contribution in [1.29, 1.82) is 0 Å². The second-order valence-electron chi connectivity index (χ2n) is 7.13. The third-order valence-electron chi connectivity index (χ3n) is 4.85. The molecular formula is C24H23N3O6S. The second kappa shape index (κ2) is 10.3. The molecule has 9 nitrogen and oxygen atoms in total. The smallest absolute Gasteiger partial charge is 0.264 e. The fourth-order valence-electron chi connectivity index (χ4n) is 3.30. The summed E-state index contributed by atoms with van der Waals surface area (Å²) in [7, 11) is -4.06. The molecule has 0 saturated heterocycles. The predicted octanol–water partition coefficient (Wildman–Crippen LogP) is 3.16. The number of hydrazone groups is 1. The molecule has 1 N–H and O–H groups in total. The number of nitrogens with zero attached hydrogens (tertiary/aromatic N) is 2. The number of para-hydroxylation sites is 2. The van der Waals surface area contributed by atoms with Crippen LogP contribution in [0.4, 0.5) is 5.69 Å². The van der Waals surface area contributed by atoms with Gasteiger partial charge in [-0.2, -0.15) is 5.10 Å². The number of ether oxygens (including phenoxy) is 3. The molecule has 0 unspecified atom stereocenters. The zero-order valence-corrected chi connectivity index (χ0v) is 19.2. The summed E-state index contributed by atoms with van der Waals surface area (Å²) in [6, 6.07) is 19.8. The van der Waals surface area contributed by atoms with E-state index in [0.29, 0.717) is 29.4 Å². The summed E-state index contributed by atoms with van der Waals surface area (Å²) >= 11 is 0. The normalized spacial score (nSPS) is 12.5. The van der Waals surface area contributed by atoms with Crippen LogP contribution in [0.1, 0.15) is 12.5 Å². The van der Waals surface area contributed by atoms with Crippen molar-refractivity contribution in [2.75, 3.05) is 24.2 Å². The van der Waals surface area contributed by atoms with Gasteiger partial charge in [0.25, 0.3) is 15.9 Å². The van der Waals surface area contributed by atoms with Crippen LogP contribution < -0.4 is 23.9 Å². The van der Waals surface area contributed by atoms with Crippen LogP contribution in [0.3, 0.4) is 0 Å². The number of rotatable bonds is 9. The molecule has 0 saturated carbocycles. The van der Waals surface area contributed by atoms with Crippen LogP contribution in [0, 0.1) is 0 Å². The number of hydrogen-bond donors (Lipinski definition) is 1. The molecule has 0 radical (unpaired) electrons. The van der Waals surface area contributed by atoms with E-state index in [-0.39, 0.29) is 17.4 Å². The minimum absolute atomic E-state index is 0.0537. The highest BCUT2D eigenvalue weighted by Crippen LogP contribution is 2.33. The molecule has 0 fully saturated rings. The Labute approximate surface area is 197 Å². The van der Waals surface area contributed by atoms with E-state index in [2.05, 4.69) is 10.5 Å². The van der Waals surface area contributed by atoms with E-state index < -0.39 is 22.5 Å². The molecule has 1 heterocycles. The van der Waals surface area contributed by atoms with Gasteiger partial charge in [0.2, 0.25) is 6.79 Å². The van der Waals surface area contributed by atoms with Crippen LogP contribution in [-0.2, 0) is 14.8 Å². The van der Waals surface area contributed by atoms with Crippen LogP contribution in [-0.4, -0.2) is 40.5 Å². The van der Waals surface area contributed by atoms with Crippen LogP contribution in [0.25, 0.3) is 0 Å². The molecule has 176 valence electrons. The Morgan fingerprint density at radius 2 is 1.79 bits per heavy atom. The van der Waals surface area contributed by atoms with Gasteiger partial charge in [0.1, 0.15) is 12.3 Å². The van der Waals surface area contributed by atoms with E-state index in [1.165, 1.54) is 18.3 Å². The van der Waals surface area contributed by atoms with Crippen molar-refractivity contribution in [1.82, 2.24) is 5.43 Å². The third kappa shape index (κ3) is 5.12. The van der Waals surface area contributed by atoms with Crippen LogP contribution in [0.2, 0.25) is 0 Å². The van der Waals surface area contributed by atoms with E-state index in [4.69, 9.17) is 14.2 Å².